The van der Waals surface area contributed by atoms with Crippen molar-refractivity contribution in [2.45, 2.75) is 32.6 Å². The van der Waals surface area contributed by atoms with E-state index < -0.39 is 0 Å². The molecule has 0 aliphatic heterocycles. The third kappa shape index (κ3) is 3.01. The number of hydrogen-bond acceptors (Lipinski definition) is 2. The van der Waals surface area contributed by atoms with Crippen LogP contribution in [0.5, 0.6) is 0 Å². The van der Waals surface area contributed by atoms with Crippen molar-refractivity contribution in [1.82, 2.24) is 5.43 Å². The summed E-state index contributed by atoms with van der Waals surface area (Å²) in [5.41, 5.74) is 4.05. The van der Waals surface area contributed by atoms with Crippen LogP contribution in [0.4, 0.5) is 5.69 Å². The first-order chi connectivity index (χ1) is 8.78. The summed E-state index contributed by atoms with van der Waals surface area (Å²) in [6.07, 6.45) is 5.10. The van der Waals surface area contributed by atoms with Crippen LogP contribution in [0.2, 0.25) is 0 Å². The Bertz CT molecular complexity index is 390. The lowest BCUT2D eigenvalue weighted by molar-refractivity contribution is 0.139. The van der Waals surface area contributed by atoms with Crippen LogP contribution in [-0.4, -0.2) is 12.5 Å². The smallest absolute Gasteiger partial charge is 0.210 e. The van der Waals surface area contributed by atoms with Gasteiger partial charge in [0.15, 0.2) is 0 Å². The SMILES string of the molecule is CCC1(CN=C(NN)Nc2ccccc2)CCC1. The normalized spacial score (nSPS) is 18.0. The van der Waals surface area contributed by atoms with Gasteiger partial charge in [-0.25, -0.2) is 5.84 Å². The van der Waals surface area contributed by atoms with Crippen molar-refractivity contribution < 1.29 is 0 Å². The first kappa shape index (κ1) is 12.9. The molecular weight excluding hydrogens is 224 g/mol. The molecule has 18 heavy (non-hydrogen) atoms. The van der Waals surface area contributed by atoms with E-state index in [9.17, 15) is 0 Å². The van der Waals surface area contributed by atoms with E-state index in [1.54, 1.807) is 0 Å². The highest BCUT2D eigenvalue weighted by molar-refractivity contribution is 5.93. The molecule has 1 aliphatic carbocycles. The molecule has 98 valence electrons. The number of hydrazine groups is 1. The molecule has 4 N–H and O–H groups in total. The molecule has 0 radical (unpaired) electrons. The lowest BCUT2D eigenvalue weighted by Gasteiger charge is -2.40. The van der Waals surface area contributed by atoms with Crippen molar-refractivity contribution >= 4 is 11.6 Å². The summed E-state index contributed by atoms with van der Waals surface area (Å²) < 4.78 is 0. The Morgan fingerprint density at radius 3 is 2.56 bits per heavy atom. The van der Waals surface area contributed by atoms with E-state index in [-0.39, 0.29) is 0 Å². The monoisotopic (exact) mass is 246 g/mol. The summed E-state index contributed by atoms with van der Waals surface area (Å²) >= 11 is 0. The average Bonchev–Trinajstić information content (AvgIpc) is 2.37. The number of hydrogen-bond donors (Lipinski definition) is 3. The zero-order valence-electron chi connectivity index (χ0n) is 10.9. The number of rotatable bonds is 4. The van der Waals surface area contributed by atoms with Gasteiger partial charge in [-0.3, -0.25) is 10.4 Å². The molecule has 1 aromatic rings. The number of guanidine groups is 1. The maximum Gasteiger partial charge on any atom is 0.210 e. The van der Waals surface area contributed by atoms with Crippen LogP contribution in [0.1, 0.15) is 32.6 Å². The third-order valence-electron chi connectivity index (χ3n) is 3.91. The summed E-state index contributed by atoms with van der Waals surface area (Å²) in [6, 6.07) is 9.93. The van der Waals surface area contributed by atoms with Gasteiger partial charge in [-0.15, -0.1) is 0 Å². The van der Waals surface area contributed by atoms with Gasteiger partial charge in [0, 0.05) is 12.2 Å². The van der Waals surface area contributed by atoms with Crippen LogP contribution >= 0.6 is 0 Å². The second-order valence-electron chi connectivity index (χ2n) is 5.01. The van der Waals surface area contributed by atoms with E-state index in [4.69, 9.17) is 5.84 Å². The van der Waals surface area contributed by atoms with Crippen molar-refractivity contribution in [1.29, 1.82) is 0 Å². The topological polar surface area (TPSA) is 62.4 Å². The molecule has 2 rings (SSSR count). The molecule has 0 saturated heterocycles. The standard InChI is InChI=1S/C14H22N4/c1-2-14(9-6-10-14)11-16-13(18-15)17-12-7-4-3-5-8-12/h3-5,7-8H,2,6,9-11,15H2,1H3,(H2,16,17,18). The number of nitrogens with one attached hydrogen (secondary N) is 2. The summed E-state index contributed by atoms with van der Waals surface area (Å²) in [5.74, 6) is 6.15. The van der Waals surface area contributed by atoms with Crippen LogP contribution < -0.4 is 16.6 Å². The zero-order chi connectivity index (χ0) is 12.8. The highest BCUT2D eigenvalue weighted by Crippen LogP contribution is 2.43. The fourth-order valence-corrected chi connectivity index (χ4v) is 2.33. The van der Waals surface area contributed by atoms with Gasteiger partial charge >= 0.3 is 0 Å². The van der Waals surface area contributed by atoms with E-state index in [1.165, 1.54) is 25.7 Å². The van der Waals surface area contributed by atoms with Crippen LogP contribution in [0, 0.1) is 5.41 Å². The maximum atomic E-state index is 5.51. The van der Waals surface area contributed by atoms with E-state index in [0.717, 1.165) is 12.2 Å². The highest BCUT2D eigenvalue weighted by Gasteiger charge is 2.34. The Kier molecular flexibility index (Phi) is 4.20. The van der Waals surface area contributed by atoms with E-state index in [2.05, 4.69) is 22.7 Å². The number of nitrogens with two attached hydrogens (primary N) is 1. The molecule has 0 atom stereocenters. The molecule has 4 heteroatoms. The second kappa shape index (κ2) is 5.87. The largest absolute Gasteiger partial charge is 0.325 e. The number of benzene rings is 1. The number of aliphatic imine (C=N–C) groups is 1. The summed E-state index contributed by atoms with van der Waals surface area (Å²) in [5, 5.41) is 3.19. The lowest BCUT2D eigenvalue weighted by atomic mass is 9.67. The Morgan fingerprint density at radius 2 is 2.06 bits per heavy atom. The summed E-state index contributed by atoms with van der Waals surface area (Å²) in [4.78, 5) is 4.57. The number of para-hydroxylation sites is 1. The van der Waals surface area contributed by atoms with Crippen LogP contribution in [0.15, 0.2) is 35.3 Å². The minimum Gasteiger partial charge on any atom is -0.325 e. The molecule has 1 aliphatic rings. The maximum absolute atomic E-state index is 5.51. The number of nitrogens with zero attached hydrogens (tertiary/aromatic N) is 1. The Morgan fingerprint density at radius 1 is 1.33 bits per heavy atom. The third-order valence-corrected chi connectivity index (χ3v) is 3.91. The van der Waals surface area contributed by atoms with Crippen molar-refractivity contribution in [3.63, 3.8) is 0 Å². The first-order valence-electron chi connectivity index (χ1n) is 6.61. The molecule has 0 amide bonds. The molecule has 1 saturated carbocycles. The Balaban J connectivity index is 1.96. The van der Waals surface area contributed by atoms with Crippen molar-refractivity contribution in [3.05, 3.63) is 30.3 Å². The van der Waals surface area contributed by atoms with Gasteiger partial charge in [0.25, 0.3) is 0 Å². The highest BCUT2D eigenvalue weighted by atomic mass is 15.3. The number of anilines is 1. The fourth-order valence-electron chi connectivity index (χ4n) is 2.33. The molecule has 0 aromatic heterocycles. The van der Waals surface area contributed by atoms with Gasteiger partial charge in [0.2, 0.25) is 5.96 Å². The predicted octanol–water partition coefficient (Wildman–Crippen LogP) is 2.50. The van der Waals surface area contributed by atoms with Gasteiger partial charge in [0.1, 0.15) is 0 Å². The lowest BCUT2D eigenvalue weighted by Crippen LogP contribution is -2.39. The molecule has 1 fully saturated rings. The zero-order valence-corrected chi connectivity index (χ0v) is 10.9. The van der Waals surface area contributed by atoms with Crippen LogP contribution in [0.25, 0.3) is 0 Å². The Hall–Kier alpha value is -1.55. The van der Waals surface area contributed by atoms with Crippen molar-refractivity contribution in [2.75, 3.05) is 11.9 Å². The summed E-state index contributed by atoms with van der Waals surface area (Å²) in [7, 11) is 0. The van der Waals surface area contributed by atoms with Gasteiger partial charge in [0.05, 0.1) is 0 Å². The molecule has 0 heterocycles. The van der Waals surface area contributed by atoms with Gasteiger partial charge < -0.3 is 5.32 Å². The van der Waals surface area contributed by atoms with Crippen LogP contribution in [-0.2, 0) is 0 Å². The summed E-state index contributed by atoms with van der Waals surface area (Å²) in [6.45, 7) is 3.09. The van der Waals surface area contributed by atoms with E-state index in [1.807, 2.05) is 30.3 Å². The average molecular weight is 246 g/mol. The Labute approximate surface area is 109 Å². The quantitative estimate of drug-likeness (QED) is 0.331. The molecule has 0 bridgehead atoms. The molecular formula is C14H22N4. The van der Waals surface area contributed by atoms with Crippen molar-refractivity contribution in [2.24, 2.45) is 16.3 Å². The van der Waals surface area contributed by atoms with E-state index in [0.29, 0.717) is 11.4 Å². The minimum atomic E-state index is 0.417. The molecule has 4 nitrogen and oxygen atoms in total. The van der Waals surface area contributed by atoms with Gasteiger partial charge in [-0.2, -0.15) is 0 Å². The second-order valence-corrected chi connectivity index (χ2v) is 5.01. The minimum absolute atomic E-state index is 0.417. The fraction of sp³-hybridized carbons (Fsp3) is 0.500. The molecule has 0 unspecified atom stereocenters. The van der Waals surface area contributed by atoms with Crippen molar-refractivity contribution in [3.8, 4) is 0 Å². The van der Waals surface area contributed by atoms with Gasteiger partial charge in [-0.05, 0) is 36.8 Å². The van der Waals surface area contributed by atoms with Crippen LogP contribution in [0.3, 0.4) is 0 Å². The first-order valence-corrected chi connectivity index (χ1v) is 6.61. The van der Waals surface area contributed by atoms with Gasteiger partial charge in [-0.1, -0.05) is 31.5 Å². The molecule has 0 spiro atoms. The predicted molar refractivity (Wildman–Crippen MR) is 76.3 cm³/mol. The molecule has 1 aromatic carbocycles. The van der Waals surface area contributed by atoms with E-state index >= 15 is 0 Å².